The molecule has 3 rings (SSSR count). The minimum Gasteiger partial charge on any atom is -0.481 e. The van der Waals surface area contributed by atoms with E-state index in [0.717, 1.165) is 16.8 Å². The number of hydrogen-bond donors (Lipinski definition) is 1. The van der Waals surface area contributed by atoms with E-state index < -0.39 is 0 Å². The van der Waals surface area contributed by atoms with Crippen molar-refractivity contribution in [3.8, 4) is 22.8 Å². The maximum absolute atomic E-state index is 13.0. The summed E-state index contributed by atoms with van der Waals surface area (Å²) in [7, 11) is 3.36. The van der Waals surface area contributed by atoms with Gasteiger partial charge in [-0.25, -0.2) is 9.67 Å². The molecule has 186 valence electrons. The highest BCUT2D eigenvalue weighted by Gasteiger charge is 2.14. The number of ether oxygens (including phenoxy) is 1. The van der Waals surface area contributed by atoms with Gasteiger partial charge in [-0.05, 0) is 39.0 Å². The quantitative estimate of drug-likeness (QED) is 0.241. The fraction of sp³-hybridized carbons (Fsp3) is 0.222. The largest absolute Gasteiger partial charge is 0.481 e. The summed E-state index contributed by atoms with van der Waals surface area (Å²) >= 11 is 0. The molecule has 0 amide bonds. The molecule has 0 fully saturated rings. The van der Waals surface area contributed by atoms with Crippen molar-refractivity contribution in [2.24, 2.45) is 10.1 Å². The van der Waals surface area contributed by atoms with Crippen molar-refractivity contribution in [1.29, 1.82) is 0 Å². The summed E-state index contributed by atoms with van der Waals surface area (Å²) in [4.78, 5) is 21.4. The Balaban J connectivity index is 1.89. The average molecular weight is 486 g/mol. The van der Waals surface area contributed by atoms with Gasteiger partial charge in [-0.3, -0.25) is 14.8 Å². The Bertz CT molecular complexity index is 1270. The molecule has 0 bridgehead atoms. The lowest BCUT2D eigenvalue weighted by atomic mass is 10.2. The van der Waals surface area contributed by atoms with Crippen LogP contribution in [0.2, 0.25) is 0 Å². The Morgan fingerprint density at radius 3 is 2.61 bits per heavy atom. The summed E-state index contributed by atoms with van der Waals surface area (Å²) in [6.07, 6.45) is 9.97. The number of carbonyl (C=O) groups is 1. The molecule has 36 heavy (non-hydrogen) atoms. The Labute approximate surface area is 211 Å². The SMILES string of the molecule is CC=N/C=C(/C=N\N(C)/C=C\C)C(=O)CNc1cc(-c2ccc(OC)nc2)nn1-c1ccc(C)cc1. The second kappa shape index (κ2) is 12.8. The molecule has 0 aliphatic heterocycles. The van der Waals surface area contributed by atoms with E-state index in [-0.39, 0.29) is 12.3 Å². The van der Waals surface area contributed by atoms with Crippen molar-refractivity contribution in [3.63, 3.8) is 0 Å². The Morgan fingerprint density at radius 2 is 1.97 bits per heavy atom. The number of Topliss-reactive ketones (excluding diaryl/α,β-unsaturated/α-hetero) is 1. The average Bonchev–Trinajstić information content (AvgIpc) is 3.32. The van der Waals surface area contributed by atoms with Gasteiger partial charge in [-0.1, -0.05) is 23.8 Å². The Kier molecular flexibility index (Phi) is 9.27. The van der Waals surface area contributed by atoms with E-state index in [4.69, 9.17) is 9.84 Å². The summed E-state index contributed by atoms with van der Waals surface area (Å²) in [6, 6.07) is 13.6. The van der Waals surface area contributed by atoms with E-state index in [1.807, 2.05) is 56.3 Å². The molecule has 2 heterocycles. The van der Waals surface area contributed by atoms with E-state index in [1.165, 1.54) is 12.4 Å². The standard InChI is InChI=1S/C27H31N7O2/c1-6-14-33(4)31-18-22(16-28-7-2)25(35)19-29-26-15-24(21-10-13-27(36-5)30-17-21)32-34(26)23-11-8-20(3)9-12-23/h6-18,29H,19H2,1-5H3/b14-6-,22-16-,28-7?,31-18-. The van der Waals surface area contributed by atoms with Crippen LogP contribution in [0.3, 0.4) is 0 Å². The van der Waals surface area contributed by atoms with Crippen molar-refractivity contribution in [2.75, 3.05) is 26.0 Å². The minimum atomic E-state index is -0.164. The molecule has 0 atom stereocenters. The number of nitrogens with zero attached hydrogens (tertiary/aromatic N) is 6. The molecule has 2 aromatic heterocycles. The number of hydrogen-bond acceptors (Lipinski definition) is 8. The Morgan fingerprint density at radius 1 is 1.19 bits per heavy atom. The van der Waals surface area contributed by atoms with Crippen LogP contribution in [0.4, 0.5) is 5.82 Å². The monoisotopic (exact) mass is 485 g/mol. The zero-order chi connectivity index (χ0) is 25.9. The number of methoxy groups -OCH3 is 1. The molecular weight excluding hydrogens is 454 g/mol. The van der Waals surface area contributed by atoms with Crippen LogP contribution in [0.25, 0.3) is 16.9 Å². The van der Waals surface area contributed by atoms with Crippen LogP contribution in [0, 0.1) is 6.92 Å². The zero-order valence-corrected chi connectivity index (χ0v) is 21.2. The molecule has 0 radical (unpaired) electrons. The van der Waals surface area contributed by atoms with Gasteiger partial charge in [0, 0.05) is 49.6 Å². The second-order valence-electron chi connectivity index (χ2n) is 7.82. The number of anilines is 1. The van der Waals surface area contributed by atoms with E-state index in [9.17, 15) is 4.79 Å². The van der Waals surface area contributed by atoms with Crippen molar-refractivity contribution in [3.05, 3.63) is 78.3 Å². The number of benzene rings is 1. The number of carbonyl (C=O) groups excluding carboxylic acids is 1. The maximum Gasteiger partial charge on any atom is 0.212 e. The molecule has 0 aliphatic rings. The number of aryl methyl sites for hydroxylation is 1. The van der Waals surface area contributed by atoms with Crippen molar-refractivity contribution < 1.29 is 9.53 Å². The normalized spacial score (nSPS) is 12.1. The number of nitrogens with one attached hydrogen (secondary N) is 1. The maximum atomic E-state index is 13.0. The molecule has 9 nitrogen and oxygen atoms in total. The minimum absolute atomic E-state index is 0.0300. The van der Waals surface area contributed by atoms with Gasteiger partial charge in [0.2, 0.25) is 5.88 Å². The van der Waals surface area contributed by atoms with Crippen LogP contribution >= 0.6 is 0 Å². The first-order chi connectivity index (χ1) is 17.4. The molecule has 3 aromatic rings. The van der Waals surface area contributed by atoms with Crippen molar-refractivity contribution in [1.82, 2.24) is 19.8 Å². The number of aliphatic imine (C=N–C) groups is 1. The fourth-order valence-electron chi connectivity index (χ4n) is 3.20. The molecule has 1 aromatic carbocycles. The summed E-state index contributed by atoms with van der Waals surface area (Å²) in [6.45, 7) is 5.74. The lowest BCUT2D eigenvalue weighted by Crippen LogP contribution is -2.19. The van der Waals surface area contributed by atoms with Gasteiger partial charge in [0.25, 0.3) is 0 Å². The van der Waals surface area contributed by atoms with E-state index in [2.05, 4.69) is 20.4 Å². The highest BCUT2D eigenvalue weighted by molar-refractivity contribution is 6.14. The smallest absolute Gasteiger partial charge is 0.212 e. The Hall–Kier alpha value is -4.53. The fourth-order valence-corrected chi connectivity index (χ4v) is 3.20. The van der Waals surface area contributed by atoms with Crippen molar-refractivity contribution >= 4 is 24.0 Å². The third kappa shape index (κ3) is 6.99. The number of hydrazone groups is 1. The summed E-state index contributed by atoms with van der Waals surface area (Å²) in [5.41, 5.74) is 3.92. The van der Waals surface area contributed by atoms with Crippen molar-refractivity contribution in [2.45, 2.75) is 20.8 Å². The van der Waals surface area contributed by atoms with Crippen LogP contribution in [0.1, 0.15) is 19.4 Å². The lowest BCUT2D eigenvalue weighted by molar-refractivity contribution is -0.113. The van der Waals surface area contributed by atoms with Gasteiger partial charge in [-0.15, -0.1) is 0 Å². The van der Waals surface area contributed by atoms with E-state index in [1.54, 1.807) is 55.4 Å². The zero-order valence-electron chi connectivity index (χ0n) is 21.2. The summed E-state index contributed by atoms with van der Waals surface area (Å²) in [5, 5.41) is 13.9. The molecule has 0 saturated heterocycles. The summed E-state index contributed by atoms with van der Waals surface area (Å²) < 4.78 is 6.93. The second-order valence-corrected chi connectivity index (χ2v) is 7.82. The first-order valence-electron chi connectivity index (χ1n) is 11.5. The highest BCUT2D eigenvalue weighted by atomic mass is 16.5. The molecule has 9 heteroatoms. The van der Waals surface area contributed by atoms with Gasteiger partial charge in [0.05, 0.1) is 36.8 Å². The molecule has 0 saturated carbocycles. The highest BCUT2D eigenvalue weighted by Crippen LogP contribution is 2.25. The molecular formula is C27H31N7O2. The predicted octanol–water partition coefficient (Wildman–Crippen LogP) is 4.66. The topological polar surface area (TPSA) is 97.0 Å². The molecule has 0 spiro atoms. The first-order valence-corrected chi connectivity index (χ1v) is 11.5. The van der Waals surface area contributed by atoms with Crippen LogP contribution in [-0.2, 0) is 4.79 Å². The predicted molar refractivity (Wildman–Crippen MR) is 145 cm³/mol. The first kappa shape index (κ1) is 26.1. The van der Waals surface area contributed by atoms with Gasteiger partial charge in [0.1, 0.15) is 5.82 Å². The number of pyridine rings is 1. The van der Waals surface area contributed by atoms with Crippen LogP contribution in [-0.4, -0.2) is 58.7 Å². The molecule has 0 unspecified atom stereocenters. The number of allylic oxidation sites excluding steroid dienone is 1. The van der Waals surface area contributed by atoms with Gasteiger partial charge in [0.15, 0.2) is 5.78 Å². The number of aromatic nitrogens is 3. The van der Waals surface area contributed by atoms with Crippen LogP contribution < -0.4 is 10.1 Å². The summed E-state index contributed by atoms with van der Waals surface area (Å²) in [5.74, 6) is 1.03. The van der Waals surface area contributed by atoms with E-state index in [0.29, 0.717) is 23.0 Å². The van der Waals surface area contributed by atoms with Gasteiger partial charge >= 0.3 is 0 Å². The third-order valence-electron chi connectivity index (χ3n) is 5.09. The lowest BCUT2D eigenvalue weighted by Gasteiger charge is -2.10. The third-order valence-corrected chi connectivity index (χ3v) is 5.09. The van der Waals surface area contributed by atoms with Gasteiger partial charge < -0.3 is 10.1 Å². The number of rotatable bonds is 11. The van der Waals surface area contributed by atoms with Crippen LogP contribution in [0.15, 0.2) is 82.8 Å². The van der Waals surface area contributed by atoms with Gasteiger partial charge in [-0.2, -0.15) is 10.2 Å². The molecule has 1 N–H and O–H groups in total. The molecule has 0 aliphatic carbocycles. The number of ketones is 1. The van der Waals surface area contributed by atoms with E-state index >= 15 is 0 Å². The van der Waals surface area contributed by atoms with Crippen LogP contribution in [0.5, 0.6) is 5.88 Å².